The molecule has 0 saturated carbocycles. The summed E-state index contributed by atoms with van der Waals surface area (Å²) in [6.07, 6.45) is 24.9. The van der Waals surface area contributed by atoms with Crippen LogP contribution in [0, 0.1) is 0 Å². The van der Waals surface area contributed by atoms with Crippen LogP contribution in [0.2, 0.25) is 0 Å². The van der Waals surface area contributed by atoms with Crippen LogP contribution in [0.4, 0.5) is 0 Å². The Hall–Kier alpha value is 0.720. The summed E-state index contributed by atoms with van der Waals surface area (Å²) in [6, 6.07) is 0. The molecule has 0 unspecified atom stereocenters. The summed E-state index contributed by atoms with van der Waals surface area (Å²) >= 11 is 7.42. The Morgan fingerprint density at radius 1 is 0.458 bits per heavy atom. The number of hydrogen-bond acceptors (Lipinski definition) is 0. The van der Waals surface area contributed by atoms with E-state index in [9.17, 15) is 0 Å². The molecule has 0 atom stereocenters. The molecule has 148 valence electrons. The summed E-state index contributed by atoms with van der Waals surface area (Å²) in [5.41, 5.74) is 0. The standard InChI is InChI=1S/C22H48ClP/c1-5-9-11-13-15-17-19-21-24(23,7-3,8-4)22-20-18-16-14-12-10-6-2/h5-22H2,1-4H3. The normalized spacial score (nSPS) is 13.8. The Bertz CT molecular complexity index is 251. The summed E-state index contributed by atoms with van der Waals surface area (Å²) in [5.74, 6) is -1.90. The second kappa shape index (κ2) is 14.8. The number of unbranched alkanes of at least 4 members (excludes halogenated alkanes) is 12. The fourth-order valence-corrected chi connectivity index (χ4v) is 8.58. The molecule has 0 aromatic carbocycles. The van der Waals surface area contributed by atoms with Gasteiger partial charge < -0.3 is 0 Å². The Kier molecular flexibility index (Phi) is 15.3. The molecule has 2 heteroatoms. The van der Waals surface area contributed by atoms with Gasteiger partial charge >= 0.3 is 159 Å². The Morgan fingerprint density at radius 2 is 0.750 bits per heavy atom. The molecular formula is C22H48ClP. The molecule has 0 amide bonds. The van der Waals surface area contributed by atoms with Crippen molar-refractivity contribution in [3.8, 4) is 0 Å². The molecule has 0 aliphatic carbocycles. The summed E-state index contributed by atoms with van der Waals surface area (Å²) < 4.78 is 0. The molecule has 0 rings (SSSR count). The maximum atomic E-state index is 7.42. The Balaban J connectivity index is 4.01. The average molecular weight is 379 g/mol. The minimum absolute atomic E-state index is 1.26. The van der Waals surface area contributed by atoms with Gasteiger partial charge in [-0.1, -0.05) is 0 Å². The van der Waals surface area contributed by atoms with Gasteiger partial charge in [0.15, 0.2) is 0 Å². The Labute approximate surface area is 159 Å². The van der Waals surface area contributed by atoms with E-state index in [1.54, 1.807) is 0 Å². The quantitative estimate of drug-likeness (QED) is 0.164. The fraction of sp³-hybridized carbons (Fsp3) is 1.00. The van der Waals surface area contributed by atoms with Gasteiger partial charge in [-0.2, -0.15) is 0 Å². The van der Waals surface area contributed by atoms with E-state index in [0.717, 1.165) is 0 Å². The van der Waals surface area contributed by atoms with Crippen LogP contribution in [0.15, 0.2) is 0 Å². The predicted octanol–water partition coefficient (Wildman–Crippen LogP) is 9.23. The van der Waals surface area contributed by atoms with Crippen molar-refractivity contribution in [3.05, 3.63) is 0 Å². The Morgan fingerprint density at radius 3 is 1.04 bits per heavy atom. The van der Waals surface area contributed by atoms with Crippen LogP contribution in [0.3, 0.4) is 0 Å². The number of hydrogen-bond donors (Lipinski definition) is 0. The first-order valence-corrected chi connectivity index (χ1v) is 15.1. The first-order valence-electron chi connectivity index (χ1n) is 11.3. The van der Waals surface area contributed by atoms with E-state index in [1.807, 2.05) is 0 Å². The zero-order valence-corrected chi connectivity index (χ0v) is 19.2. The average Bonchev–Trinajstić information content (AvgIpc) is 2.60. The van der Waals surface area contributed by atoms with E-state index < -0.39 is 5.96 Å². The van der Waals surface area contributed by atoms with Gasteiger partial charge in [-0.3, -0.25) is 0 Å². The molecule has 0 bridgehead atoms. The molecule has 0 spiro atoms. The molecule has 0 N–H and O–H groups in total. The van der Waals surface area contributed by atoms with E-state index in [-0.39, 0.29) is 0 Å². The molecule has 0 aliphatic rings. The summed E-state index contributed by atoms with van der Waals surface area (Å²) in [4.78, 5) is 0. The monoisotopic (exact) mass is 378 g/mol. The third kappa shape index (κ3) is 11.4. The van der Waals surface area contributed by atoms with Crippen molar-refractivity contribution in [2.45, 2.75) is 118 Å². The van der Waals surface area contributed by atoms with Gasteiger partial charge in [-0.05, 0) is 0 Å². The molecule has 0 aromatic heterocycles. The molecule has 0 aliphatic heterocycles. The topological polar surface area (TPSA) is 0 Å². The van der Waals surface area contributed by atoms with Crippen molar-refractivity contribution < 1.29 is 0 Å². The van der Waals surface area contributed by atoms with Crippen molar-refractivity contribution in [1.82, 2.24) is 0 Å². The van der Waals surface area contributed by atoms with Crippen LogP contribution >= 0.6 is 17.2 Å². The van der Waals surface area contributed by atoms with Crippen molar-refractivity contribution in [2.24, 2.45) is 0 Å². The van der Waals surface area contributed by atoms with Gasteiger partial charge in [-0.15, -0.1) is 0 Å². The van der Waals surface area contributed by atoms with Crippen LogP contribution in [0.1, 0.15) is 118 Å². The second-order valence-electron chi connectivity index (χ2n) is 8.14. The zero-order valence-electron chi connectivity index (χ0n) is 17.6. The van der Waals surface area contributed by atoms with Crippen LogP contribution in [-0.4, -0.2) is 24.6 Å². The molecule has 0 heterocycles. The molecule has 0 radical (unpaired) electrons. The van der Waals surface area contributed by atoms with Gasteiger partial charge in [0.25, 0.3) is 0 Å². The zero-order chi connectivity index (χ0) is 18.2. The van der Waals surface area contributed by atoms with Crippen molar-refractivity contribution in [1.29, 1.82) is 0 Å². The SMILES string of the molecule is CCCCCCCCCP(Cl)(CC)(CC)CCCCCCCCC. The first kappa shape index (κ1) is 24.7. The molecular weight excluding hydrogens is 331 g/mol. The molecule has 0 aromatic rings. The van der Waals surface area contributed by atoms with Gasteiger partial charge in [0.05, 0.1) is 0 Å². The predicted molar refractivity (Wildman–Crippen MR) is 120 cm³/mol. The van der Waals surface area contributed by atoms with Crippen molar-refractivity contribution in [3.63, 3.8) is 0 Å². The molecule has 24 heavy (non-hydrogen) atoms. The summed E-state index contributed by atoms with van der Waals surface area (Å²) in [7, 11) is 0. The van der Waals surface area contributed by atoms with Crippen LogP contribution < -0.4 is 0 Å². The summed E-state index contributed by atoms with van der Waals surface area (Å²) in [5, 5.41) is 0. The van der Waals surface area contributed by atoms with Gasteiger partial charge in [0.1, 0.15) is 0 Å². The van der Waals surface area contributed by atoms with E-state index in [0.29, 0.717) is 0 Å². The van der Waals surface area contributed by atoms with Crippen LogP contribution in [0.5, 0.6) is 0 Å². The second-order valence-corrected chi connectivity index (χ2v) is 16.8. The third-order valence-electron chi connectivity index (χ3n) is 6.22. The van der Waals surface area contributed by atoms with Gasteiger partial charge in [0.2, 0.25) is 0 Å². The minimum atomic E-state index is -1.90. The van der Waals surface area contributed by atoms with Crippen LogP contribution in [0.25, 0.3) is 0 Å². The van der Waals surface area contributed by atoms with Crippen molar-refractivity contribution in [2.75, 3.05) is 24.6 Å². The van der Waals surface area contributed by atoms with E-state index in [1.165, 1.54) is 115 Å². The molecule has 0 saturated heterocycles. The van der Waals surface area contributed by atoms with Crippen LogP contribution in [-0.2, 0) is 0 Å². The van der Waals surface area contributed by atoms with E-state index in [2.05, 4.69) is 27.7 Å². The van der Waals surface area contributed by atoms with Crippen molar-refractivity contribution >= 4 is 17.2 Å². The van der Waals surface area contributed by atoms with Gasteiger partial charge in [0, 0.05) is 0 Å². The number of rotatable bonds is 18. The summed E-state index contributed by atoms with van der Waals surface area (Å²) in [6.45, 7) is 9.33. The third-order valence-corrected chi connectivity index (χ3v) is 14.7. The van der Waals surface area contributed by atoms with Gasteiger partial charge in [-0.25, -0.2) is 0 Å². The fourth-order valence-electron chi connectivity index (χ4n) is 3.90. The van der Waals surface area contributed by atoms with E-state index in [4.69, 9.17) is 11.2 Å². The first-order chi connectivity index (χ1) is 11.5. The maximum absolute atomic E-state index is 7.42. The number of halogens is 1. The van der Waals surface area contributed by atoms with E-state index >= 15 is 0 Å². The molecule has 0 fully saturated rings. The molecule has 0 nitrogen and oxygen atoms in total.